The summed E-state index contributed by atoms with van der Waals surface area (Å²) in [4.78, 5) is 32.0. The third-order valence-electron chi connectivity index (χ3n) is 3.23. The van der Waals surface area contributed by atoms with E-state index in [1.165, 1.54) is 24.6 Å². The number of pyridine rings is 2. The monoisotopic (exact) mass is 374 g/mol. The van der Waals surface area contributed by atoms with Crippen LogP contribution in [0.15, 0.2) is 71.1 Å². The fraction of sp³-hybridized carbons (Fsp3) is 0. The highest BCUT2D eigenvalue weighted by molar-refractivity contribution is 5.95. The third-order valence-corrected chi connectivity index (χ3v) is 3.23. The summed E-state index contributed by atoms with van der Waals surface area (Å²) in [6.07, 6.45) is 6.01. The van der Waals surface area contributed by atoms with Gasteiger partial charge in [0.2, 0.25) is 0 Å². The zero-order chi connectivity index (χ0) is 19.6. The molecule has 0 aliphatic heterocycles. The van der Waals surface area contributed by atoms with Crippen LogP contribution >= 0.6 is 0 Å². The van der Waals surface area contributed by atoms with E-state index in [1.54, 1.807) is 48.8 Å². The molecule has 138 valence electrons. The number of carbonyl (C=O) groups is 2. The minimum absolute atomic E-state index is 0.00621. The summed E-state index contributed by atoms with van der Waals surface area (Å²) in [6.45, 7) is 0. The third kappa shape index (κ3) is 5.33. The van der Waals surface area contributed by atoms with E-state index in [2.05, 4.69) is 41.2 Å². The van der Waals surface area contributed by atoms with E-state index in [9.17, 15) is 9.59 Å². The van der Waals surface area contributed by atoms with Gasteiger partial charge in [-0.2, -0.15) is 10.2 Å². The molecule has 0 spiro atoms. The molecule has 3 aromatic rings. The number of carbonyl (C=O) groups excluding carboxylic acids is 2. The lowest BCUT2D eigenvalue weighted by Gasteiger charge is -2.00. The Labute approximate surface area is 159 Å². The summed E-state index contributed by atoms with van der Waals surface area (Å²) in [6, 6.07) is 13.3. The lowest BCUT2D eigenvalue weighted by atomic mass is 10.3. The minimum atomic E-state index is -0.570. The number of aromatic nitrogens is 4. The van der Waals surface area contributed by atoms with Crippen molar-refractivity contribution in [2.75, 3.05) is 0 Å². The van der Waals surface area contributed by atoms with Crippen LogP contribution < -0.4 is 10.9 Å². The first kappa shape index (κ1) is 18.5. The van der Waals surface area contributed by atoms with Crippen LogP contribution in [0.5, 0.6) is 0 Å². The van der Waals surface area contributed by atoms with Crippen molar-refractivity contribution in [3.8, 4) is 0 Å². The van der Waals surface area contributed by atoms with Gasteiger partial charge in [0.25, 0.3) is 11.8 Å². The standard InChI is InChI=1S/C18H14N8O2/c27-17(25-21-11-13-5-1-3-9-19-13)15-7-8-16(24-23-15)18(28)26-22-12-14-6-2-4-10-20-14/h1-12H,(H,25,27)(H,26,28)/b21-11+,22-12+. The van der Waals surface area contributed by atoms with Gasteiger partial charge in [0, 0.05) is 12.4 Å². The molecular formula is C18H14N8O2. The van der Waals surface area contributed by atoms with Crippen LogP contribution in [-0.2, 0) is 0 Å². The first-order valence-electron chi connectivity index (χ1n) is 8.05. The number of hydrogen-bond acceptors (Lipinski definition) is 8. The molecule has 2 amide bonds. The number of nitrogens with zero attached hydrogens (tertiary/aromatic N) is 6. The minimum Gasteiger partial charge on any atom is -0.265 e. The molecule has 0 aromatic carbocycles. The Bertz CT molecular complexity index is 907. The van der Waals surface area contributed by atoms with Gasteiger partial charge in [-0.15, -0.1) is 10.2 Å². The van der Waals surface area contributed by atoms with E-state index in [0.717, 1.165) is 0 Å². The van der Waals surface area contributed by atoms with Gasteiger partial charge >= 0.3 is 0 Å². The topological polar surface area (TPSA) is 134 Å². The molecule has 3 heterocycles. The molecule has 0 aliphatic carbocycles. The molecule has 10 nitrogen and oxygen atoms in total. The van der Waals surface area contributed by atoms with E-state index < -0.39 is 11.8 Å². The van der Waals surface area contributed by atoms with Crippen LogP contribution in [0, 0.1) is 0 Å². The quantitative estimate of drug-likeness (QED) is 0.484. The molecule has 3 rings (SSSR count). The smallest absolute Gasteiger partial charge is 0.265 e. The molecule has 0 unspecified atom stereocenters. The van der Waals surface area contributed by atoms with Gasteiger partial charge in [-0.25, -0.2) is 10.9 Å². The second-order valence-electron chi connectivity index (χ2n) is 5.21. The van der Waals surface area contributed by atoms with E-state index in [-0.39, 0.29) is 11.4 Å². The fourth-order valence-corrected chi connectivity index (χ4v) is 1.91. The second kappa shape index (κ2) is 9.38. The number of hydrazone groups is 2. The zero-order valence-corrected chi connectivity index (χ0v) is 14.4. The summed E-state index contributed by atoms with van der Waals surface area (Å²) in [5.41, 5.74) is 5.80. The van der Waals surface area contributed by atoms with Crippen LogP contribution in [0.25, 0.3) is 0 Å². The summed E-state index contributed by atoms with van der Waals surface area (Å²) in [5.74, 6) is -1.14. The number of hydrogen-bond donors (Lipinski definition) is 2. The van der Waals surface area contributed by atoms with Crippen LogP contribution in [0.2, 0.25) is 0 Å². The van der Waals surface area contributed by atoms with Crippen molar-refractivity contribution < 1.29 is 9.59 Å². The maximum atomic E-state index is 12.0. The predicted molar refractivity (Wildman–Crippen MR) is 101 cm³/mol. The average Bonchev–Trinajstić information content (AvgIpc) is 2.75. The van der Waals surface area contributed by atoms with Gasteiger partial charge in [-0.3, -0.25) is 19.6 Å². The van der Waals surface area contributed by atoms with Crippen molar-refractivity contribution in [3.63, 3.8) is 0 Å². The number of amides is 2. The van der Waals surface area contributed by atoms with Gasteiger partial charge in [-0.05, 0) is 36.4 Å². The molecule has 3 aromatic heterocycles. The Hall–Kier alpha value is -4.34. The normalized spacial score (nSPS) is 10.9. The van der Waals surface area contributed by atoms with Crippen molar-refractivity contribution in [2.24, 2.45) is 10.2 Å². The zero-order valence-electron chi connectivity index (χ0n) is 14.4. The first-order chi connectivity index (χ1) is 13.7. The molecule has 28 heavy (non-hydrogen) atoms. The Morgan fingerprint density at radius 1 is 0.714 bits per heavy atom. The van der Waals surface area contributed by atoms with E-state index in [0.29, 0.717) is 11.4 Å². The van der Waals surface area contributed by atoms with Crippen LogP contribution in [0.3, 0.4) is 0 Å². The molecule has 0 saturated carbocycles. The number of nitrogens with one attached hydrogen (secondary N) is 2. The average molecular weight is 374 g/mol. The van der Waals surface area contributed by atoms with Crippen LogP contribution in [0.1, 0.15) is 32.4 Å². The van der Waals surface area contributed by atoms with Crippen molar-refractivity contribution in [1.82, 2.24) is 31.0 Å². The Morgan fingerprint density at radius 3 is 1.54 bits per heavy atom. The highest BCUT2D eigenvalue weighted by atomic mass is 16.2. The maximum absolute atomic E-state index is 12.0. The van der Waals surface area contributed by atoms with Crippen LogP contribution in [-0.4, -0.2) is 44.4 Å². The lowest BCUT2D eigenvalue weighted by molar-refractivity contribution is 0.0933. The van der Waals surface area contributed by atoms with Gasteiger partial charge in [0.15, 0.2) is 11.4 Å². The van der Waals surface area contributed by atoms with Gasteiger partial charge in [0.05, 0.1) is 23.8 Å². The predicted octanol–water partition coefficient (Wildman–Crippen LogP) is 0.794. The van der Waals surface area contributed by atoms with Crippen molar-refractivity contribution in [2.45, 2.75) is 0 Å². The van der Waals surface area contributed by atoms with Crippen LogP contribution in [0.4, 0.5) is 0 Å². The largest absolute Gasteiger partial charge is 0.291 e. The summed E-state index contributed by atoms with van der Waals surface area (Å²) in [5, 5.41) is 15.0. The summed E-state index contributed by atoms with van der Waals surface area (Å²) >= 11 is 0. The molecule has 2 N–H and O–H groups in total. The van der Waals surface area contributed by atoms with Crippen molar-refractivity contribution in [1.29, 1.82) is 0 Å². The lowest BCUT2D eigenvalue weighted by Crippen LogP contribution is -2.22. The van der Waals surface area contributed by atoms with Gasteiger partial charge < -0.3 is 0 Å². The highest BCUT2D eigenvalue weighted by Crippen LogP contribution is 1.97. The van der Waals surface area contributed by atoms with E-state index in [1.807, 2.05) is 0 Å². The van der Waals surface area contributed by atoms with E-state index in [4.69, 9.17) is 0 Å². The Balaban J connectivity index is 1.53. The molecular weight excluding hydrogens is 360 g/mol. The number of rotatable bonds is 6. The van der Waals surface area contributed by atoms with E-state index >= 15 is 0 Å². The highest BCUT2D eigenvalue weighted by Gasteiger charge is 2.11. The summed E-state index contributed by atoms with van der Waals surface area (Å²) in [7, 11) is 0. The Morgan fingerprint density at radius 2 is 1.18 bits per heavy atom. The molecule has 0 bridgehead atoms. The fourth-order valence-electron chi connectivity index (χ4n) is 1.91. The van der Waals surface area contributed by atoms with Crippen molar-refractivity contribution >= 4 is 24.2 Å². The molecule has 0 fully saturated rings. The SMILES string of the molecule is O=C(N/N=C/c1ccccn1)c1ccc(C(=O)N/N=C/c2ccccn2)nn1. The van der Waals surface area contributed by atoms with Crippen molar-refractivity contribution in [3.05, 3.63) is 83.7 Å². The molecule has 10 heteroatoms. The first-order valence-corrected chi connectivity index (χ1v) is 8.05. The molecule has 0 radical (unpaired) electrons. The Kier molecular flexibility index (Phi) is 6.18. The second-order valence-corrected chi connectivity index (χ2v) is 5.21. The molecule has 0 atom stereocenters. The maximum Gasteiger partial charge on any atom is 0.291 e. The van der Waals surface area contributed by atoms with Gasteiger partial charge in [-0.1, -0.05) is 12.1 Å². The molecule has 0 aliphatic rings. The van der Waals surface area contributed by atoms with Gasteiger partial charge in [0.1, 0.15) is 0 Å². The molecule has 0 saturated heterocycles. The summed E-state index contributed by atoms with van der Waals surface area (Å²) < 4.78 is 0.